The van der Waals surface area contributed by atoms with Crippen LogP contribution in [0, 0.1) is 18.7 Å². The number of rotatable bonds is 6. The second-order valence-corrected chi connectivity index (χ2v) is 8.92. The smallest absolute Gasteiger partial charge is 0.416 e. The molecule has 6 nitrogen and oxygen atoms in total. The van der Waals surface area contributed by atoms with Gasteiger partial charge in [-0.05, 0) is 70.2 Å². The van der Waals surface area contributed by atoms with Gasteiger partial charge >= 0.3 is 6.09 Å². The Labute approximate surface area is 186 Å². The van der Waals surface area contributed by atoms with Crippen LogP contribution in [0.5, 0.6) is 0 Å². The summed E-state index contributed by atoms with van der Waals surface area (Å²) in [5.74, 6) is 1.13. The lowest BCUT2D eigenvalue weighted by atomic mass is 9.98. The van der Waals surface area contributed by atoms with Gasteiger partial charge in [0, 0.05) is 34.4 Å². The van der Waals surface area contributed by atoms with E-state index in [-0.39, 0.29) is 17.0 Å². The van der Waals surface area contributed by atoms with Crippen molar-refractivity contribution in [1.82, 2.24) is 9.97 Å². The highest BCUT2D eigenvalue weighted by Gasteiger charge is 2.37. The van der Waals surface area contributed by atoms with E-state index in [0.29, 0.717) is 5.92 Å². The summed E-state index contributed by atoms with van der Waals surface area (Å²) in [6.07, 6.45) is 3.49. The third-order valence-corrected chi connectivity index (χ3v) is 5.72. The Balaban J connectivity index is 1.63. The normalized spacial score (nSPS) is 13.7. The van der Waals surface area contributed by atoms with Crippen LogP contribution in [-0.2, 0) is 4.74 Å². The molecule has 32 heavy (non-hydrogen) atoms. The van der Waals surface area contributed by atoms with E-state index < -0.39 is 11.9 Å². The number of allylic oxidation sites excluding steroid dienone is 1. The van der Waals surface area contributed by atoms with Gasteiger partial charge in [0.15, 0.2) is 0 Å². The van der Waals surface area contributed by atoms with Gasteiger partial charge in [0.05, 0.1) is 17.0 Å². The molecule has 1 aromatic carbocycles. The molecular weight excluding hydrogens is 407 g/mol. The second-order valence-electron chi connectivity index (χ2n) is 8.92. The van der Waals surface area contributed by atoms with Gasteiger partial charge in [-0.15, -0.1) is 0 Å². The lowest BCUT2D eigenvalue weighted by Gasteiger charge is -2.26. The van der Waals surface area contributed by atoms with E-state index >= 15 is 0 Å². The maximum absolute atomic E-state index is 14.3. The zero-order valence-corrected chi connectivity index (χ0v) is 18.8. The summed E-state index contributed by atoms with van der Waals surface area (Å²) in [6.45, 7) is 11.3. The molecule has 0 aliphatic heterocycles. The van der Waals surface area contributed by atoms with Gasteiger partial charge in [0.25, 0.3) is 0 Å². The minimum atomic E-state index is -0.791. The first-order valence-electron chi connectivity index (χ1n) is 10.6. The second kappa shape index (κ2) is 8.22. The van der Waals surface area contributed by atoms with Gasteiger partial charge in [-0.1, -0.05) is 12.6 Å². The molecule has 1 aliphatic rings. The lowest BCUT2D eigenvalue weighted by Crippen LogP contribution is -2.33. The van der Waals surface area contributed by atoms with Crippen molar-refractivity contribution in [3.63, 3.8) is 0 Å². The van der Waals surface area contributed by atoms with Crippen molar-refractivity contribution >= 4 is 28.5 Å². The Morgan fingerprint density at radius 3 is 2.69 bits per heavy atom. The first-order chi connectivity index (χ1) is 15.1. The number of ether oxygens (including phenoxy) is 1. The summed E-state index contributed by atoms with van der Waals surface area (Å²) in [6, 6.07) is 8.46. The van der Waals surface area contributed by atoms with E-state index in [4.69, 9.17) is 9.72 Å². The van der Waals surface area contributed by atoms with E-state index in [0.717, 1.165) is 33.5 Å². The van der Waals surface area contributed by atoms with Gasteiger partial charge < -0.3 is 10.1 Å². The van der Waals surface area contributed by atoms with Crippen molar-refractivity contribution in [1.29, 1.82) is 0 Å². The molecule has 2 N–H and O–H groups in total. The topological polar surface area (TPSA) is 76.1 Å². The molecule has 4 rings (SSSR count). The number of nitrogens with zero attached hydrogens (tertiary/aromatic N) is 2. The van der Waals surface area contributed by atoms with Crippen molar-refractivity contribution < 1.29 is 13.9 Å². The number of hydrogen-bond acceptors (Lipinski definition) is 5. The number of halogens is 1. The van der Waals surface area contributed by atoms with Gasteiger partial charge in [-0.2, -0.15) is 0 Å². The minimum Gasteiger partial charge on any atom is -0.416 e. The van der Waals surface area contributed by atoms with Crippen LogP contribution in [0.4, 0.5) is 20.7 Å². The van der Waals surface area contributed by atoms with Crippen LogP contribution >= 0.6 is 0 Å². The minimum absolute atomic E-state index is 0.00153. The average molecular weight is 435 g/mol. The van der Waals surface area contributed by atoms with E-state index in [1.54, 1.807) is 25.3 Å². The molecule has 166 valence electrons. The van der Waals surface area contributed by atoms with Gasteiger partial charge in [0.2, 0.25) is 0 Å². The quantitative estimate of drug-likeness (QED) is 0.437. The zero-order chi connectivity index (χ0) is 23.0. The number of amides is 1. The molecule has 7 heteroatoms. The number of nitrogens with one attached hydrogen (secondary N) is 2. The molecule has 2 heterocycles. The number of anilines is 2. The molecule has 0 unspecified atom stereocenters. The van der Waals surface area contributed by atoms with Crippen LogP contribution in [0.15, 0.2) is 48.9 Å². The van der Waals surface area contributed by atoms with E-state index in [9.17, 15) is 9.18 Å². The fraction of sp³-hybridized carbons (Fsp3) is 0.320. The van der Waals surface area contributed by atoms with Crippen molar-refractivity contribution in [3.8, 4) is 11.1 Å². The Bertz CT molecular complexity index is 1220. The highest BCUT2D eigenvalue weighted by atomic mass is 19.1. The Morgan fingerprint density at radius 2 is 2.00 bits per heavy atom. The standard InChI is InChI=1S/C25H27FN4O2/c1-14(2)32-24(31)29-22-11-16(6-9-20(22)26)19-10-17-13-27-23(12-21(17)28-15(19)3)30-25(4,5)18-7-8-18/h6,9-13,18H,1,7-8H2,2-5H3,(H,27,30)(H,29,31). The molecule has 0 radical (unpaired) electrons. The van der Waals surface area contributed by atoms with Crippen LogP contribution in [0.25, 0.3) is 22.0 Å². The summed E-state index contributed by atoms with van der Waals surface area (Å²) in [5, 5.41) is 6.82. The van der Waals surface area contributed by atoms with Crippen molar-refractivity contribution in [3.05, 3.63) is 60.4 Å². The van der Waals surface area contributed by atoms with Crippen molar-refractivity contribution in [2.45, 2.75) is 46.1 Å². The van der Waals surface area contributed by atoms with Crippen molar-refractivity contribution in [2.75, 3.05) is 10.6 Å². The number of carbonyl (C=O) groups is 1. The largest absolute Gasteiger partial charge is 0.416 e. The maximum Gasteiger partial charge on any atom is 0.416 e. The number of aromatic nitrogens is 2. The van der Waals surface area contributed by atoms with Gasteiger partial charge in [-0.25, -0.2) is 14.2 Å². The van der Waals surface area contributed by atoms with Crippen LogP contribution in [-0.4, -0.2) is 21.6 Å². The lowest BCUT2D eigenvalue weighted by molar-refractivity contribution is 0.192. The molecule has 0 atom stereocenters. The van der Waals surface area contributed by atoms with E-state index in [1.807, 2.05) is 19.1 Å². The monoisotopic (exact) mass is 434 g/mol. The summed E-state index contributed by atoms with van der Waals surface area (Å²) in [4.78, 5) is 21.2. The number of fused-ring (bicyclic) bond motifs is 1. The molecular formula is C25H27FN4O2. The fourth-order valence-corrected chi connectivity index (χ4v) is 3.84. The van der Waals surface area contributed by atoms with E-state index in [1.165, 1.54) is 18.9 Å². The summed E-state index contributed by atoms with van der Waals surface area (Å²) in [5.41, 5.74) is 3.20. The number of carbonyl (C=O) groups excluding carboxylic acids is 1. The molecule has 0 saturated heterocycles. The van der Waals surface area contributed by atoms with Gasteiger partial charge in [-0.3, -0.25) is 10.3 Å². The summed E-state index contributed by atoms with van der Waals surface area (Å²) >= 11 is 0. The molecule has 1 aliphatic carbocycles. The number of benzene rings is 1. The van der Waals surface area contributed by atoms with E-state index in [2.05, 4.69) is 36.0 Å². The SMILES string of the molecule is C=C(C)OC(=O)Nc1cc(-c2cc3cnc(NC(C)(C)C4CC4)cc3nc2C)ccc1F. The zero-order valence-electron chi connectivity index (χ0n) is 18.8. The molecule has 3 aromatic rings. The average Bonchev–Trinajstić information content (AvgIpc) is 3.54. The van der Waals surface area contributed by atoms with Crippen molar-refractivity contribution in [2.24, 2.45) is 5.92 Å². The molecule has 1 saturated carbocycles. The third-order valence-electron chi connectivity index (χ3n) is 5.72. The number of hydrogen-bond donors (Lipinski definition) is 2. The molecule has 0 spiro atoms. The first kappa shape index (κ1) is 21.7. The highest BCUT2D eigenvalue weighted by molar-refractivity contribution is 5.89. The molecule has 2 aromatic heterocycles. The Kier molecular flexibility index (Phi) is 5.59. The molecule has 1 amide bonds. The van der Waals surface area contributed by atoms with Gasteiger partial charge in [0.1, 0.15) is 11.6 Å². The number of aryl methyl sites for hydroxylation is 1. The molecule has 0 bridgehead atoms. The first-order valence-corrected chi connectivity index (χ1v) is 10.6. The highest BCUT2D eigenvalue weighted by Crippen LogP contribution is 2.41. The van der Waals surface area contributed by atoms with Crippen LogP contribution < -0.4 is 10.6 Å². The van der Waals surface area contributed by atoms with Crippen LogP contribution in [0.2, 0.25) is 0 Å². The predicted octanol–water partition coefficient (Wildman–Crippen LogP) is 6.43. The van der Waals surface area contributed by atoms with Crippen LogP contribution in [0.1, 0.15) is 39.3 Å². The van der Waals surface area contributed by atoms with Crippen LogP contribution in [0.3, 0.4) is 0 Å². The maximum atomic E-state index is 14.3. The Hall–Kier alpha value is -3.48. The predicted molar refractivity (Wildman–Crippen MR) is 125 cm³/mol. The Morgan fingerprint density at radius 1 is 1.25 bits per heavy atom. The molecule has 1 fully saturated rings. The third kappa shape index (κ3) is 4.72. The fourth-order valence-electron chi connectivity index (χ4n) is 3.84. The summed E-state index contributed by atoms with van der Waals surface area (Å²) in [7, 11) is 0. The number of pyridine rings is 2. The summed E-state index contributed by atoms with van der Waals surface area (Å²) < 4.78 is 19.1.